The van der Waals surface area contributed by atoms with Gasteiger partial charge < -0.3 is 20.8 Å². The first-order valence-corrected chi connectivity index (χ1v) is 6.11. The molecular weight excluding hydrogens is 232 g/mol. The SMILES string of the molecule is Nc1nc(NCC2CCCOC2)c2[nH]cnc2n1. The molecule has 0 aliphatic carbocycles. The third-order valence-corrected chi connectivity index (χ3v) is 3.12. The Morgan fingerprint density at radius 1 is 1.50 bits per heavy atom. The van der Waals surface area contributed by atoms with Gasteiger partial charge in [0, 0.05) is 13.2 Å². The number of anilines is 2. The minimum absolute atomic E-state index is 0.233. The molecule has 1 atom stereocenters. The van der Waals surface area contributed by atoms with Gasteiger partial charge in [-0.25, -0.2) is 4.98 Å². The van der Waals surface area contributed by atoms with E-state index in [0.29, 0.717) is 17.4 Å². The van der Waals surface area contributed by atoms with Crippen LogP contribution in [0.5, 0.6) is 0 Å². The highest BCUT2D eigenvalue weighted by molar-refractivity contribution is 5.83. The van der Waals surface area contributed by atoms with Crippen molar-refractivity contribution in [3.63, 3.8) is 0 Å². The molecule has 3 heterocycles. The number of hydrogen-bond donors (Lipinski definition) is 3. The molecule has 1 saturated heterocycles. The van der Waals surface area contributed by atoms with Crippen LogP contribution in [0.25, 0.3) is 11.2 Å². The molecule has 7 heteroatoms. The van der Waals surface area contributed by atoms with Crippen molar-refractivity contribution in [2.45, 2.75) is 12.8 Å². The lowest BCUT2D eigenvalue weighted by Gasteiger charge is -2.22. The maximum atomic E-state index is 5.65. The number of imidazole rings is 1. The van der Waals surface area contributed by atoms with Crippen molar-refractivity contribution in [3.05, 3.63) is 6.33 Å². The van der Waals surface area contributed by atoms with E-state index >= 15 is 0 Å². The van der Waals surface area contributed by atoms with E-state index in [1.807, 2.05) is 0 Å². The highest BCUT2D eigenvalue weighted by Crippen LogP contribution is 2.19. The zero-order valence-electron chi connectivity index (χ0n) is 10.0. The predicted octanol–water partition coefficient (Wildman–Crippen LogP) is 0.774. The van der Waals surface area contributed by atoms with Crippen LogP contribution in [0, 0.1) is 5.92 Å². The molecule has 2 aromatic heterocycles. The minimum atomic E-state index is 0.233. The third-order valence-electron chi connectivity index (χ3n) is 3.12. The van der Waals surface area contributed by atoms with Gasteiger partial charge in [-0.05, 0) is 18.8 Å². The average molecular weight is 248 g/mol. The Hall–Kier alpha value is -1.89. The maximum Gasteiger partial charge on any atom is 0.224 e. The van der Waals surface area contributed by atoms with E-state index in [1.54, 1.807) is 6.33 Å². The zero-order valence-corrected chi connectivity index (χ0v) is 10.0. The summed E-state index contributed by atoms with van der Waals surface area (Å²) in [4.78, 5) is 15.4. The van der Waals surface area contributed by atoms with E-state index in [0.717, 1.165) is 31.7 Å². The molecule has 4 N–H and O–H groups in total. The molecule has 0 amide bonds. The van der Waals surface area contributed by atoms with Gasteiger partial charge in [0.15, 0.2) is 11.5 Å². The fourth-order valence-electron chi connectivity index (χ4n) is 2.19. The first kappa shape index (κ1) is 11.2. The number of hydrogen-bond acceptors (Lipinski definition) is 6. The van der Waals surface area contributed by atoms with Crippen molar-refractivity contribution >= 4 is 22.9 Å². The molecule has 0 spiro atoms. The predicted molar refractivity (Wildman–Crippen MR) is 68.1 cm³/mol. The molecule has 0 radical (unpaired) electrons. The zero-order chi connectivity index (χ0) is 12.4. The van der Waals surface area contributed by atoms with Crippen LogP contribution in [0.15, 0.2) is 6.33 Å². The second-order valence-corrected chi connectivity index (χ2v) is 4.50. The highest BCUT2D eigenvalue weighted by atomic mass is 16.5. The molecule has 7 nitrogen and oxygen atoms in total. The molecule has 96 valence electrons. The molecule has 0 saturated carbocycles. The monoisotopic (exact) mass is 248 g/mol. The largest absolute Gasteiger partial charge is 0.381 e. The number of fused-ring (bicyclic) bond motifs is 1. The van der Waals surface area contributed by atoms with E-state index in [1.165, 1.54) is 6.42 Å². The van der Waals surface area contributed by atoms with Crippen molar-refractivity contribution < 1.29 is 4.74 Å². The molecule has 18 heavy (non-hydrogen) atoms. The fourth-order valence-corrected chi connectivity index (χ4v) is 2.19. The number of nitrogens with one attached hydrogen (secondary N) is 2. The molecule has 0 aromatic carbocycles. The lowest BCUT2D eigenvalue weighted by atomic mass is 10.0. The van der Waals surface area contributed by atoms with Crippen LogP contribution >= 0.6 is 0 Å². The van der Waals surface area contributed by atoms with E-state index in [4.69, 9.17) is 10.5 Å². The topological polar surface area (TPSA) is 102 Å². The van der Waals surface area contributed by atoms with Gasteiger partial charge in [0.2, 0.25) is 5.95 Å². The maximum absolute atomic E-state index is 5.65. The summed E-state index contributed by atoms with van der Waals surface area (Å²) < 4.78 is 5.45. The fraction of sp³-hybridized carbons (Fsp3) is 0.545. The van der Waals surface area contributed by atoms with Crippen LogP contribution in [0.2, 0.25) is 0 Å². The highest BCUT2D eigenvalue weighted by Gasteiger charge is 2.15. The molecule has 3 rings (SSSR count). The summed E-state index contributed by atoms with van der Waals surface area (Å²) >= 11 is 0. The average Bonchev–Trinajstić information content (AvgIpc) is 2.85. The van der Waals surface area contributed by atoms with Crippen LogP contribution < -0.4 is 11.1 Å². The lowest BCUT2D eigenvalue weighted by molar-refractivity contribution is 0.0595. The van der Waals surface area contributed by atoms with E-state index in [9.17, 15) is 0 Å². The molecule has 0 bridgehead atoms. The Bertz CT molecular complexity index is 533. The summed E-state index contributed by atoms with van der Waals surface area (Å²) in [5, 5.41) is 3.30. The van der Waals surface area contributed by atoms with E-state index in [-0.39, 0.29) is 5.95 Å². The number of nitrogens with two attached hydrogens (primary N) is 1. The summed E-state index contributed by atoms with van der Waals surface area (Å²) in [5.74, 6) is 1.46. The Morgan fingerprint density at radius 3 is 3.28 bits per heavy atom. The van der Waals surface area contributed by atoms with Gasteiger partial charge in [-0.15, -0.1) is 0 Å². The number of nitrogen functional groups attached to an aromatic ring is 1. The number of rotatable bonds is 3. The van der Waals surface area contributed by atoms with Gasteiger partial charge in [-0.2, -0.15) is 9.97 Å². The summed E-state index contributed by atoms with van der Waals surface area (Å²) in [5.41, 5.74) is 7.03. The summed E-state index contributed by atoms with van der Waals surface area (Å²) in [7, 11) is 0. The Morgan fingerprint density at radius 2 is 2.44 bits per heavy atom. The van der Waals surface area contributed by atoms with Crippen molar-refractivity contribution in [1.29, 1.82) is 0 Å². The third kappa shape index (κ3) is 2.21. The van der Waals surface area contributed by atoms with Crippen LogP contribution in [0.3, 0.4) is 0 Å². The van der Waals surface area contributed by atoms with Crippen LogP contribution in [-0.4, -0.2) is 39.7 Å². The smallest absolute Gasteiger partial charge is 0.224 e. The van der Waals surface area contributed by atoms with E-state index in [2.05, 4.69) is 25.3 Å². The Balaban J connectivity index is 1.75. The number of aromatic amines is 1. The number of ether oxygens (including phenoxy) is 1. The molecular formula is C11H16N6O. The Kier molecular flexibility index (Phi) is 2.97. The first-order valence-electron chi connectivity index (χ1n) is 6.11. The standard InChI is InChI=1S/C11H16N6O/c12-11-16-9(8-10(17-11)15-6-14-8)13-4-7-2-1-3-18-5-7/h6-7H,1-5H2,(H4,12,13,14,15,16,17). The van der Waals surface area contributed by atoms with Crippen LogP contribution in [0.1, 0.15) is 12.8 Å². The molecule has 1 fully saturated rings. The lowest BCUT2D eigenvalue weighted by Crippen LogP contribution is -2.24. The molecule has 1 aliphatic heterocycles. The quantitative estimate of drug-likeness (QED) is 0.741. The number of nitrogens with zero attached hydrogens (tertiary/aromatic N) is 3. The van der Waals surface area contributed by atoms with Gasteiger partial charge in [-0.1, -0.05) is 0 Å². The van der Waals surface area contributed by atoms with Gasteiger partial charge >= 0.3 is 0 Å². The van der Waals surface area contributed by atoms with Gasteiger partial charge in [0.1, 0.15) is 5.52 Å². The van der Waals surface area contributed by atoms with E-state index < -0.39 is 0 Å². The minimum Gasteiger partial charge on any atom is -0.381 e. The normalized spacial score (nSPS) is 20.1. The van der Waals surface area contributed by atoms with Crippen molar-refractivity contribution in [3.8, 4) is 0 Å². The molecule has 1 aliphatic rings. The number of H-pyrrole nitrogens is 1. The van der Waals surface area contributed by atoms with Gasteiger partial charge in [0.25, 0.3) is 0 Å². The van der Waals surface area contributed by atoms with Crippen molar-refractivity contribution in [1.82, 2.24) is 19.9 Å². The molecule has 2 aromatic rings. The second-order valence-electron chi connectivity index (χ2n) is 4.50. The van der Waals surface area contributed by atoms with Crippen LogP contribution in [-0.2, 0) is 4.74 Å². The summed E-state index contributed by atoms with van der Waals surface area (Å²) in [6.07, 6.45) is 3.89. The van der Waals surface area contributed by atoms with Gasteiger partial charge in [0.05, 0.1) is 12.9 Å². The first-order chi connectivity index (χ1) is 8.83. The Labute approximate surface area is 104 Å². The number of aromatic nitrogens is 4. The summed E-state index contributed by atoms with van der Waals surface area (Å²) in [6, 6.07) is 0. The second kappa shape index (κ2) is 4.77. The van der Waals surface area contributed by atoms with Crippen molar-refractivity contribution in [2.24, 2.45) is 5.92 Å². The van der Waals surface area contributed by atoms with Crippen molar-refractivity contribution in [2.75, 3.05) is 30.8 Å². The molecule has 1 unspecified atom stereocenters. The summed E-state index contributed by atoms with van der Waals surface area (Å²) in [6.45, 7) is 2.51. The van der Waals surface area contributed by atoms with Gasteiger partial charge in [-0.3, -0.25) is 0 Å². The van der Waals surface area contributed by atoms with Crippen LogP contribution in [0.4, 0.5) is 11.8 Å².